The fraction of sp³-hybridized carbons (Fsp3) is 0.333. The zero-order valence-corrected chi connectivity index (χ0v) is 7.31. The number of allylic oxidation sites excluding steroid dienone is 1. The van der Waals surface area contributed by atoms with Crippen molar-refractivity contribution in [2.24, 2.45) is 0 Å². The minimum Gasteiger partial charge on any atom is -0.591 e. The van der Waals surface area contributed by atoms with E-state index in [0.717, 1.165) is 5.82 Å². The van der Waals surface area contributed by atoms with Crippen LogP contribution in [0.3, 0.4) is 0 Å². The van der Waals surface area contributed by atoms with Gasteiger partial charge in [0.05, 0.1) is 0 Å². The Bertz CT molecular complexity index is 81.0. The van der Waals surface area contributed by atoms with E-state index >= 15 is 0 Å². The smallest absolute Gasteiger partial charge is 0.591 e. The molecule has 0 saturated heterocycles. The molecule has 0 aliphatic carbocycles. The molecule has 0 amide bonds. The summed E-state index contributed by atoms with van der Waals surface area (Å²) in [5.41, 5.74) is 0. The first-order valence-corrected chi connectivity index (χ1v) is 2.78. The van der Waals surface area contributed by atoms with Gasteiger partial charge in [0.15, 0.2) is 0 Å². The van der Waals surface area contributed by atoms with E-state index in [1.807, 2.05) is 0 Å². The molecule has 0 N–H and O–H groups in total. The Balaban J connectivity index is 0. The molecular formula is C3H5NaO2P+. The summed E-state index contributed by atoms with van der Waals surface area (Å²) in [5.74, 6) is 1.12. The molecule has 0 heterocycles. The third-order valence-corrected chi connectivity index (χ3v) is 0.812. The van der Waals surface area contributed by atoms with Gasteiger partial charge in [-0.1, -0.05) is 4.57 Å². The predicted octanol–water partition coefficient (Wildman–Crippen LogP) is -2.37. The van der Waals surface area contributed by atoms with Crippen LogP contribution in [0.2, 0.25) is 0 Å². The van der Waals surface area contributed by atoms with Crippen molar-refractivity contribution in [1.82, 2.24) is 0 Å². The molecule has 0 radical (unpaired) electrons. The zero-order valence-electron chi connectivity index (χ0n) is 4.42. The third kappa shape index (κ3) is 10.8. The standard InChI is InChI=1S/C3H5O2P.Na/c1-2-3-6(4)5;/h2-3H,1H3;/q;+1/b3-2+;. The van der Waals surface area contributed by atoms with Crippen molar-refractivity contribution in [1.29, 1.82) is 0 Å². The number of hydrogen-bond donors (Lipinski definition) is 0. The molecule has 0 aromatic rings. The molecule has 0 aromatic carbocycles. The summed E-state index contributed by atoms with van der Waals surface area (Å²) in [6.45, 7) is 1.66. The summed E-state index contributed by atoms with van der Waals surface area (Å²) in [6, 6.07) is 0. The molecule has 0 spiro atoms. The van der Waals surface area contributed by atoms with Crippen molar-refractivity contribution < 1.29 is 39.0 Å². The van der Waals surface area contributed by atoms with Crippen LogP contribution in [0.5, 0.6) is 0 Å². The van der Waals surface area contributed by atoms with Crippen molar-refractivity contribution in [3.63, 3.8) is 0 Å². The monoisotopic (exact) mass is 127 g/mol. The second kappa shape index (κ2) is 6.80. The third-order valence-electron chi connectivity index (χ3n) is 0.271. The maximum atomic E-state index is 9.55. The van der Waals surface area contributed by atoms with Gasteiger partial charge in [0.2, 0.25) is 0 Å². The Hall–Kier alpha value is 0.800. The van der Waals surface area contributed by atoms with Gasteiger partial charge in [-0.3, -0.25) is 0 Å². The van der Waals surface area contributed by atoms with Crippen molar-refractivity contribution in [3.8, 4) is 0 Å². The van der Waals surface area contributed by atoms with E-state index in [-0.39, 0.29) is 29.6 Å². The molecule has 0 rings (SSSR count). The number of rotatable bonds is 1. The van der Waals surface area contributed by atoms with E-state index < -0.39 is 8.03 Å². The molecule has 7 heavy (non-hydrogen) atoms. The van der Waals surface area contributed by atoms with Crippen LogP contribution < -0.4 is 34.5 Å². The van der Waals surface area contributed by atoms with Crippen LogP contribution in [-0.2, 0) is 4.57 Å². The van der Waals surface area contributed by atoms with Crippen molar-refractivity contribution in [2.45, 2.75) is 6.92 Å². The van der Waals surface area contributed by atoms with Gasteiger partial charge in [-0.25, -0.2) is 0 Å². The zero-order chi connectivity index (χ0) is 4.99. The van der Waals surface area contributed by atoms with Crippen molar-refractivity contribution in [3.05, 3.63) is 11.9 Å². The van der Waals surface area contributed by atoms with Gasteiger partial charge >= 0.3 is 37.6 Å². The molecule has 0 bridgehead atoms. The summed E-state index contributed by atoms with van der Waals surface area (Å²) >= 11 is 0. The topological polar surface area (TPSA) is 40.1 Å². The van der Waals surface area contributed by atoms with Gasteiger partial charge in [-0.2, -0.15) is 0 Å². The summed E-state index contributed by atoms with van der Waals surface area (Å²) in [7, 11) is -2.28. The van der Waals surface area contributed by atoms with Crippen molar-refractivity contribution in [2.75, 3.05) is 0 Å². The summed E-state index contributed by atoms with van der Waals surface area (Å²) in [6.07, 6.45) is 1.48. The van der Waals surface area contributed by atoms with Gasteiger partial charge in [0.1, 0.15) is 5.82 Å². The molecule has 0 aromatic heterocycles. The first kappa shape index (κ1) is 10.7. The fourth-order valence-corrected chi connectivity index (χ4v) is 0.365. The van der Waals surface area contributed by atoms with Crippen LogP contribution in [0.4, 0.5) is 0 Å². The van der Waals surface area contributed by atoms with E-state index in [2.05, 4.69) is 0 Å². The SMILES string of the molecule is C/C=C/[P+](=O)[O-].[Na+]. The molecular weight excluding hydrogens is 122 g/mol. The Morgan fingerprint density at radius 1 is 1.71 bits per heavy atom. The summed E-state index contributed by atoms with van der Waals surface area (Å²) in [5, 5.41) is 0. The average molecular weight is 127 g/mol. The van der Waals surface area contributed by atoms with E-state index in [1.54, 1.807) is 6.92 Å². The molecule has 0 aliphatic heterocycles. The number of hydrogen-bond acceptors (Lipinski definition) is 2. The van der Waals surface area contributed by atoms with Crippen LogP contribution in [0.15, 0.2) is 11.9 Å². The molecule has 34 valence electrons. The Kier molecular flexibility index (Phi) is 10.4. The van der Waals surface area contributed by atoms with E-state index in [4.69, 9.17) is 0 Å². The molecule has 2 nitrogen and oxygen atoms in total. The van der Waals surface area contributed by atoms with Gasteiger partial charge in [-0.05, 0) is 13.0 Å². The maximum Gasteiger partial charge on any atom is 1.00 e. The first-order chi connectivity index (χ1) is 2.77. The van der Waals surface area contributed by atoms with Gasteiger partial charge in [0.25, 0.3) is 0 Å². The summed E-state index contributed by atoms with van der Waals surface area (Å²) < 4.78 is 9.55. The van der Waals surface area contributed by atoms with Crippen molar-refractivity contribution >= 4 is 8.03 Å². The molecule has 1 unspecified atom stereocenters. The van der Waals surface area contributed by atoms with Crippen LogP contribution in [0.1, 0.15) is 6.92 Å². The maximum absolute atomic E-state index is 9.55. The molecule has 4 heteroatoms. The minimum absolute atomic E-state index is 0. The molecule has 0 saturated carbocycles. The van der Waals surface area contributed by atoms with E-state index in [9.17, 15) is 9.46 Å². The van der Waals surface area contributed by atoms with Crippen LogP contribution in [-0.4, -0.2) is 0 Å². The molecule has 0 fully saturated rings. The molecule has 0 aliphatic rings. The second-order valence-electron chi connectivity index (χ2n) is 0.768. The van der Waals surface area contributed by atoms with E-state index in [1.165, 1.54) is 6.08 Å². The predicted molar refractivity (Wildman–Crippen MR) is 22.4 cm³/mol. The average Bonchev–Trinajstić information content (AvgIpc) is 1.35. The first-order valence-electron chi connectivity index (χ1n) is 1.53. The van der Waals surface area contributed by atoms with Crippen LogP contribution >= 0.6 is 8.03 Å². The second-order valence-corrected chi connectivity index (χ2v) is 1.64. The van der Waals surface area contributed by atoms with E-state index in [0.29, 0.717) is 0 Å². The Morgan fingerprint density at radius 3 is 2.14 bits per heavy atom. The summed E-state index contributed by atoms with van der Waals surface area (Å²) in [4.78, 5) is 9.55. The van der Waals surface area contributed by atoms with Gasteiger partial charge in [-0.15, -0.1) is 0 Å². The largest absolute Gasteiger partial charge is 1.00 e. The van der Waals surface area contributed by atoms with Crippen LogP contribution in [0, 0.1) is 0 Å². The van der Waals surface area contributed by atoms with Gasteiger partial charge in [0, 0.05) is 0 Å². The minimum atomic E-state index is -2.28. The molecule has 1 atom stereocenters. The Morgan fingerprint density at radius 2 is 2.14 bits per heavy atom. The van der Waals surface area contributed by atoms with Gasteiger partial charge < -0.3 is 4.89 Å². The van der Waals surface area contributed by atoms with Crippen LogP contribution in [0.25, 0.3) is 0 Å². The fourth-order valence-electron chi connectivity index (χ4n) is 0.122. The normalized spacial score (nSPS) is 10.9. The Labute approximate surface area is 65.8 Å². The quantitative estimate of drug-likeness (QED) is 0.291.